The molecule has 0 radical (unpaired) electrons. The quantitative estimate of drug-likeness (QED) is 0.394. The SMILES string of the molecule is CCCCCCC1CCC/C1=N\O. The standard InChI is InChI=1S/C11H21NO/c1-2-3-4-5-7-10-8-6-9-11(10)12-13/h10,13H,2-9H2,1H3/b12-11+. The van der Waals surface area contributed by atoms with Gasteiger partial charge in [0.1, 0.15) is 0 Å². The maximum absolute atomic E-state index is 8.73. The summed E-state index contributed by atoms with van der Waals surface area (Å²) in [5.74, 6) is 0.599. The van der Waals surface area contributed by atoms with Gasteiger partial charge in [-0.2, -0.15) is 0 Å². The summed E-state index contributed by atoms with van der Waals surface area (Å²) < 4.78 is 0. The Morgan fingerprint density at radius 1 is 1.38 bits per heavy atom. The molecule has 0 aromatic rings. The Bertz CT molecular complexity index is 165. The second-order valence-electron chi connectivity index (χ2n) is 4.03. The lowest BCUT2D eigenvalue weighted by Gasteiger charge is -2.08. The van der Waals surface area contributed by atoms with E-state index in [4.69, 9.17) is 5.21 Å². The van der Waals surface area contributed by atoms with Crippen molar-refractivity contribution in [2.75, 3.05) is 0 Å². The van der Waals surface area contributed by atoms with Crippen molar-refractivity contribution in [1.82, 2.24) is 0 Å². The van der Waals surface area contributed by atoms with Crippen LogP contribution in [0.5, 0.6) is 0 Å². The van der Waals surface area contributed by atoms with Gasteiger partial charge in [0.2, 0.25) is 0 Å². The lowest BCUT2D eigenvalue weighted by atomic mass is 9.98. The van der Waals surface area contributed by atoms with Gasteiger partial charge in [0.15, 0.2) is 0 Å². The third kappa shape index (κ3) is 3.37. The molecular weight excluding hydrogens is 162 g/mol. The number of hydrogen-bond acceptors (Lipinski definition) is 2. The number of hydrogen-bond donors (Lipinski definition) is 1. The molecule has 1 aliphatic carbocycles. The van der Waals surface area contributed by atoms with Gasteiger partial charge in [-0.25, -0.2) is 0 Å². The van der Waals surface area contributed by atoms with Crippen LogP contribution in [0, 0.1) is 5.92 Å². The smallest absolute Gasteiger partial charge is 0.0601 e. The fourth-order valence-corrected chi connectivity index (χ4v) is 2.16. The van der Waals surface area contributed by atoms with E-state index in [0.717, 1.165) is 12.1 Å². The molecule has 0 saturated heterocycles. The van der Waals surface area contributed by atoms with E-state index in [0.29, 0.717) is 5.92 Å². The van der Waals surface area contributed by atoms with Crippen molar-refractivity contribution < 1.29 is 5.21 Å². The predicted octanol–water partition coefficient (Wildman–Crippen LogP) is 3.59. The van der Waals surface area contributed by atoms with Gasteiger partial charge >= 0.3 is 0 Å². The lowest BCUT2D eigenvalue weighted by molar-refractivity contribution is 0.314. The van der Waals surface area contributed by atoms with Gasteiger partial charge in [0, 0.05) is 5.92 Å². The van der Waals surface area contributed by atoms with Gasteiger partial charge in [0.25, 0.3) is 0 Å². The van der Waals surface area contributed by atoms with Crippen LogP contribution < -0.4 is 0 Å². The first kappa shape index (κ1) is 10.6. The molecule has 0 aromatic heterocycles. The van der Waals surface area contributed by atoms with Gasteiger partial charge in [0.05, 0.1) is 5.71 Å². The minimum Gasteiger partial charge on any atom is -0.411 e. The third-order valence-corrected chi connectivity index (χ3v) is 2.99. The highest BCUT2D eigenvalue weighted by atomic mass is 16.4. The Kier molecular flexibility index (Phi) is 4.87. The molecule has 13 heavy (non-hydrogen) atoms. The van der Waals surface area contributed by atoms with Crippen LogP contribution in [-0.4, -0.2) is 10.9 Å². The predicted molar refractivity (Wildman–Crippen MR) is 55.3 cm³/mol. The van der Waals surface area contributed by atoms with Gasteiger partial charge < -0.3 is 5.21 Å². The van der Waals surface area contributed by atoms with E-state index in [1.54, 1.807) is 0 Å². The molecule has 1 atom stereocenters. The highest BCUT2D eigenvalue weighted by molar-refractivity contribution is 5.87. The maximum Gasteiger partial charge on any atom is 0.0601 e. The normalized spacial score (nSPS) is 25.6. The van der Waals surface area contributed by atoms with Crippen molar-refractivity contribution >= 4 is 5.71 Å². The van der Waals surface area contributed by atoms with Crippen LogP contribution in [0.2, 0.25) is 0 Å². The fourth-order valence-electron chi connectivity index (χ4n) is 2.16. The highest BCUT2D eigenvalue weighted by Crippen LogP contribution is 2.27. The molecule has 0 aromatic carbocycles. The molecule has 0 amide bonds. The number of oxime groups is 1. The maximum atomic E-state index is 8.73. The largest absolute Gasteiger partial charge is 0.411 e. The zero-order chi connectivity index (χ0) is 9.52. The summed E-state index contributed by atoms with van der Waals surface area (Å²) in [6.07, 6.45) is 10.0. The van der Waals surface area contributed by atoms with Crippen LogP contribution in [0.1, 0.15) is 58.3 Å². The van der Waals surface area contributed by atoms with Crippen LogP contribution in [0.25, 0.3) is 0 Å². The monoisotopic (exact) mass is 183 g/mol. The van der Waals surface area contributed by atoms with Crippen molar-refractivity contribution in [2.45, 2.75) is 58.3 Å². The van der Waals surface area contributed by atoms with Crippen LogP contribution in [0.15, 0.2) is 5.16 Å². The second kappa shape index (κ2) is 6.01. The van der Waals surface area contributed by atoms with Crippen LogP contribution in [-0.2, 0) is 0 Å². The molecule has 1 N–H and O–H groups in total. The average Bonchev–Trinajstić information content (AvgIpc) is 2.60. The van der Waals surface area contributed by atoms with E-state index in [1.807, 2.05) is 0 Å². The molecule has 0 heterocycles. The molecule has 2 nitrogen and oxygen atoms in total. The highest BCUT2D eigenvalue weighted by Gasteiger charge is 2.22. The summed E-state index contributed by atoms with van der Waals surface area (Å²) in [7, 11) is 0. The Morgan fingerprint density at radius 2 is 2.23 bits per heavy atom. The van der Waals surface area contributed by atoms with Crippen molar-refractivity contribution in [3.63, 3.8) is 0 Å². The summed E-state index contributed by atoms with van der Waals surface area (Å²) in [4.78, 5) is 0. The molecule has 1 aliphatic rings. The van der Waals surface area contributed by atoms with Gasteiger partial charge in [-0.05, 0) is 25.7 Å². The Morgan fingerprint density at radius 3 is 2.92 bits per heavy atom. The van der Waals surface area contributed by atoms with Crippen LogP contribution in [0.3, 0.4) is 0 Å². The van der Waals surface area contributed by atoms with E-state index < -0.39 is 0 Å². The zero-order valence-electron chi connectivity index (χ0n) is 8.63. The van der Waals surface area contributed by atoms with Crippen LogP contribution in [0.4, 0.5) is 0 Å². The first-order chi connectivity index (χ1) is 6.38. The first-order valence-electron chi connectivity index (χ1n) is 5.59. The number of rotatable bonds is 5. The molecule has 1 fully saturated rings. The van der Waals surface area contributed by atoms with Crippen LogP contribution >= 0.6 is 0 Å². The van der Waals surface area contributed by atoms with Crippen molar-refractivity contribution in [3.05, 3.63) is 0 Å². The second-order valence-corrected chi connectivity index (χ2v) is 4.03. The Hall–Kier alpha value is -0.530. The van der Waals surface area contributed by atoms with E-state index in [-0.39, 0.29) is 0 Å². The fraction of sp³-hybridized carbons (Fsp3) is 0.909. The molecule has 1 saturated carbocycles. The number of unbranched alkanes of at least 4 members (excludes halogenated alkanes) is 3. The Balaban J connectivity index is 2.13. The third-order valence-electron chi connectivity index (χ3n) is 2.99. The minimum absolute atomic E-state index is 0.599. The summed E-state index contributed by atoms with van der Waals surface area (Å²) in [5.41, 5.74) is 1.05. The van der Waals surface area contributed by atoms with E-state index in [9.17, 15) is 0 Å². The summed E-state index contributed by atoms with van der Waals surface area (Å²) in [6, 6.07) is 0. The minimum atomic E-state index is 0.599. The summed E-state index contributed by atoms with van der Waals surface area (Å²) >= 11 is 0. The van der Waals surface area contributed by atoms with Gasteiger partial charge in [-0.3, -0.25) is 0 Å². The zero-order valence-corrected chi connectivity index (χ0v) is 8.63. The summed E-state index contributed by atoms with van der Waals surface area (Å²) in [6.45, 7) is 2.23. The summed E-state index contributed by atoms with van der Waals surface area (Å²) in [5, 5.41) is 12.1. The number of nitrogens with zero attached hydrogens (tertiary/aromatic N) is 1. The van der Waals surface area contributed by atoms with Gasteiger partial charge in [-0.1, -0.05) is 37.8 Å². The molecule has 0 aliphatic heterocycles. The Labute approximate surface area is 81.0 Å². The van der Waals surface area contributed by atoms with E-state index in [2.05, 4.69) is 12.1 Å². The van der Waals surface area contributed by atoms with Gasteiger partial charge in [-0.15, -0.1) is 0 Å². The molecule has 0 spiro atoms. The average molecular weight is 183 g/mol. The van der Waals surface area contributed by atoms with E-state index in [1.165, 1.54) is 44.9 Å². The van der Waals surface area contributed by atoms with E-state index >= 15 is 0 Å². The topological polar surface area (TPSA) is 32.6 Å². The van der Waals surface area contributed by atoms with Crippen molar-refractivity contribution in [1.29, 1.82) is 0 Å². The molecule has 1 rings (SSSR count). The molecule has 0 bridgehead atoms. The molecule has 2 heteroatoms. The van der Waals surface area contributed by atoms with Crippen molar-refractivity contribution in [2.24, 2.45) is 11.1 Å². The first-order valence-corrected chi connectivity index (χ1v) is 5.59. The molecule has 76 valence electrons. The van der Waals surface area contributed by atoms with Crippen molar-refractivity contribution in [3.8, 4) is 0 Å². The molecular formula is C11H21NO. The molecule has 1 unspecified atom stereocenters. The lowest BCUT2D eigenvalue weighted by Crippen LogP contribution is -2.06.